The van der Waals surface area contributed by atoms with E-state index in [1.807, 2.05) is 0 Å². The van der Waals surface area contributed by atoms with Gasteiger partial charge in [0.25, 0.3) is 0 Å². The highest BCUT2D eigenvalue weighted by atomic mass is 31.1. The summed E-state index contributed by atoms with van der Waals surface area (Å²) in [6.45, 7) is 2.57. The molecule has 4 aliphatic carbocycles. The lowest BCUT2D eigenvalue weighted by molar-refractivity contribution is 0.282. The molecule has 0 heterocycles. The third-order valence-corrected chi connectivity index (χ3v) is 18.3. The lowest BCUT2D eigenvalue weighted by Gasteiger charge is -2.42. The number of aryl methyl sites for hydroxylation is 1. The molecule has 0 atom stereocenters. The molecule has 4 fully saturated rings. The van der Waals surface area contributed by atoms with Crippen LogP contribution in [0.1, 0.15) is 140 Å². The Hall–Kier alpha value is -0.740. The summed E-state index contributed by atoms with van der Waals surface area (Å²) in [6, 6.07) is 14.5. The maximum Gasteiger partial charge on any atom is 0.0688 e. The Labute approximate surface area is 254 Å². The van der Waals surface area contributed by atoms with Gasteiger partial charge in [0.05, 0.1) is 6.61 Å². The third kappa shape index (κ3) is 6.84. The molecule has 224 valence electrons. The van der Waals surface area contributed by atoms with Crippen LogP contribution in [-0.4, -0.2) is 27.7 Å². The zero-order chi connectivity index (χ0) is 28.0. The topological polar surface area (TPSA) is 20.2 Å². The van der Waals surface area contributed by atoms with Gasteiger partial charge in [-0.05, 0) is 114 Å². The van der Waals surface area contributed by atoms with Crippen molar-refractivity contribution in [1.82, 2.24) is 0 Å². The van der Waals surface area contributed by atoms with Crippen molar-refractivity contribution in [2.75, 3.05) is 0 Å². The van der Waals surface area contributed by atoms with Gasteiger partial charge < -0.3 is 5.11 Å². The van der Waals surface area contributed by atoms with E-state index in [1.165, 1.54) is 145 Å². The zero-order valence-corrected chi connectivity index (χ0v) is 27.8. The Morgan fingerprint density at radius 1 is 0.512 bits per heavy atom. The fourth-order valence-corrected chi connectivity index (χ4v) is 17.3. The average molecular weight is 591 g/mol. The largest absolute Gasteiger partial charge is 0.392 e. The molecule has 0 spiro atoms. The third-order valence-electron chi connectivity index (χ3n) is 11.2. The number of benzene rings is 2. The van der Waals surface area contributed by atoms with E-state index >= 15 is 0 Å². The first-order chi connectivity index (χ1) is 20.3. The van der Waals surface area contributed by atoms with Gasteiger partial charge in [-0.15, -0.1) is 0 Å². The van der Waals surface area contributed by atoms with E-state index in [1.54, 1.807) is 16.2 Å². The van der Waals surface area contributed by atoms with E-state index < -0.39 is 0 Å². The highest BCUT2D eigenvalue weighted by Crippen LogP contribution is 2.59. The van der Waals surface area contributed by atoms with Gasteiger partial charge in [0.1, 0.15) is 0 Å². The lowest BCUT2D eigenvalue weighted by atomic mass is 9.96. The molecule has 4 saturated carbocycles. The lowest BCUT2D eigenvalue weighted by Crippen LogP contribution is -2.30. The van der Waals surface area contributed by atoms with Crippen LogP contribution < -0.4 is 10.6 Å². The molecule has 2 aromatic rings. The summed E-state index contributed by atoms with van der Waals surface area (Å²) in [5.41, 5.74) is 9.29. The van der Waals surface area contributed by atoms with Crippen LogP contribution in [-0.2, 0) is 6.61 Å². The zero-order valence-electron chi connectivity index (χ0n) is 26.0. The average Bonchev–Trinajstić information content (AvgIpc) is 3.04. The predicted octanol–water partition coefficient (Wildman–Crippen LogP) is 10.7. The Bertz CT molecular complexity index is 1070. The second-order valence-corrected chi connectivity index (χ2v) is 19.4. The first kappa shape index (κ1) is 30.3. The molecule has 1 nitrogen and oxygen atoms in total. The van der Waals surface area contributed by atoms with Gasteiger partial charge in [0.2, 0.25) is 0 Å². The molecule has 1 N–H and O–H groups in total. The quantitative estimate of drug-likeness (QED) is 0.303. The van der Waals surface area contributed by atoms with E-state index in [-0.39, 0.29) is 22.5 Å². The maximum atomic E-state index is 10.9. The first-order valence-electron chi connectivity index (χ1n) is 17.7. The number of aliphatic hydroxyl groups excluding tert-OH is 1. The molecular formula is C38H56OP2. The fraction of sp³-hybridized carbons (Fsp3) is 0.684. The Balaban J connectivity index is 1.52. The summed E-state index contributed by atoms with van der Waals surface area (Å²) in [4.78, 5) is 0. The van der Waals surface area contributed by atoms with Gasteiger partial charge in [-0.2, -0.15) is 0 Å². The Morgan fingerprint density at radius 2 is 0.878 bits per heavy atom. The SMILES string of the molecule is Cc1cccc(P(C2CCCCC2)C2CCCCC2)c1-c1c(CO)cccc1P(C1CCCCC1)C1CCCCC1. The molecule has 3 heteroatoms. The number of rotatable bonds is 8. The molecule has 0 aliphatic heterocycles. The van der Waals surface area contributed by atoms with Crippen LogP contribution >= 0.6 is 15.8 Å². The van der Waals surface area contributed by atoms with E-state index in [0.717, 1.165) is 22.6 Å². The van der Waals surface area contributed by atoms with Gasteiger partial charge in [-0.3, -0.25) is 0 Å². The van der Waals surface area contributed by atoms with Crippen LogP contribution in [0, 0.1) is 6.92 Å². The standard InChI is InChI=1S/C38H56OP2/c1-29-16-14-26-35(40(31-18-6-2-7-19-31)32-20-8-3-9-21-32)37(29)38-30(28-39)17-15-27-36(38)41(33-22-10-4-11-23-33)34-24-12-5-13-25-34/h14-17,26-27,31-34,39H,2-13,18-25,28H2,1H3. The highest BCUT2D eigenvalue weighted by molar-refractivity contribution is 7.68. The van der Waals surface area contributed by atoms with Gasteiger partial charge in [-0.1, -0.05) is 129 Å². The van der Waals surface area contributed by atoms with Gasteiger partial charge in [-0.25, -0.2) is 0 Å². The van der Waals surface area contributed by atoms with Gasteiger partial charge >= 0.3 is 0 Å². The van der Waals surface area contributed by atoms with Crippen LogP contribution in [0.2, 0.25) is 0 Å². The summed E-state index contributed by atoms with van der Waals surface area (Å²) >= 11 is 0. The molecule has 0 unspecified atom stereocenters. The minimum absolute atomic E-state index is 0.167. The normalized spacial score (nSPS) is 22.5. The number of aliphatic hydroxyl groups is 1. The monoisotopic (exact) mass is 590 g/mol. The Kier molecular flexibility index (Phi) is 11.0. The predicted molar refractivity (Wildman–Crippen MR) is 183 cm³/mol. The highest BCUT2D eigenvalue weighted by Gasteiger charge is 2.37. The summed E-state index contributed by atoms with van der Waals surface area (Å²) in [5.74, 6) is 0. The van der Waals surface area contributed by atoms with Crippen molar-refractivity contribution in [1.29, 1.82) is 0 Å². The molecular weight excluding hydrogens is 534 g/mol. The van der Waals surface area contributed by atoms with E-state index in [0.29, 0.717) is 0 Å². The van der Waals surface area contributed by atoms with Crippen molar-refractivity contribution < 1.29 is 5.11 Å². The molecule has 41 heavy (non-hydrogen) atoms. The fourth-order valence-electron chi connectivity index (χ4n) is 9.23. The van der Waals surface area contributed by atoms with E-state index in [4.69, 9.17) is 0 Å². The molecule has 0 amide bonds. The van der Waals surface area contributed by atoms with Crippen molar-refractivity contribution in [2.24, 2.45) is 0 Å². The molecule has 0 radical (unpaired) electrons. The van der Waals surface area contributed by atoms with E-state index in [2.05, 4.69) is 43.3 Å². The van der Waals surface area contributed by atoms with Crippen molar-refractivity contribution in [3.8, 4) is 11.1 Å². The first-order valence-corrected chi connectivity index (χ1v) is 20.6. The number of hydrogen-bond donors (Lipinski definition) is 1. The van der Waals surface area contributed by atoms with Crippen molar-refractivity contribution >= 4 is 26.5 Å². The second-order valence-electron chi connectivity index (χ2n) is 13.9. The smallest absolute Gasteiger partial charge is 0.0688 e. The summed E-state index contributed by atoms with van der Waals surface area (Å²) in [5, 5.41) is 14.3. The Morgan fingerprint density at radius 3 is 1.27 bits per heavy atom. The van der Waals surface area contributed by atoms with Crippen LogP contribution in [0.25, 0.3) is 11.1 Å². The van der Waals surface area contributed by atoms with Crippen molar-refractivity contribution in [2.45, 2.75) is 165 Å². The van der Waals surface area contributed by atoms with Crippen LogP contribution in [0.5, 0.6) is 0 Å². The summed E-state index contributed by atoms with van der Waals surface area (Å²) in [6.07, 6.45) is 28.7. The van der Waals surface area contributed by atoms with Crippen LogP contribution in [0.4, 0.5) is 0 Å². The minimum Gasteiger partial charge on any atom is -0.392 e. The second kappa shape index (κ2) is 14.8. The minimum atomic E-state index is -0.235. The number of hydrogen-bond acceptors (Lipinski definition) is 1. The van der Waals surface area contributed by atoms with Gasteiger partial charge in [0.15, 0.2) is 0 Å². The van der Waals surface area contributed by atoms with Crippen molar-refractivity contribution in [3.63, 3.8) is 0 Å². The van der Waals surface area contributed by atoms with Crippen LogP contribution in [0.3, 0.4) is 0 Å². The van der Waals surface area contributed by atoms with E-state index in [9.17, 15) is 5.11 Å². The van der Waals surface area contributed by atoms with Crippen molar-refractivity contribution in [3.05, 3.63) is 47.5 Å². The summed E-state index contributed by atoms with van der Waals surface area (Å²) in [7, 11) is -0.441. The molecule has 0 aromatic heterocycles. The summed E-state index contributed by atoms with van der Waals surface area (Å²) < 4.78 is 0. The molecule has 6 rings (SSSR count). The van der Waals surface area contributed by atoms with Crippen LogP contribution in [0.15, 0.2) is 36.4 Å². The molecule has 2 aromatic carbocycles. The molecule has 0 saturated heterocycles. The molecule has 0 bridgehead atoms. The van der Waals surface area contributed by atoms with Gasteiger partial charge in [0, 0.05) is 0 Å². The maximum absolute atomic E-state index is 10.9. The molecule has 4 aliphatic rings.